The summed E-state index contributed by atoms with van der Waals surface area (Å²) >= 11 is 1.85. The molecule has 6 heteroatoms. The van der Waals surface area contributed by atoms with Crippen molar-refractivity contribution in [2.75, 3.05) is 18.4 Å². The molecule has 2 N–H and O–H groups in total. The van der Waals surface area contributed by atoms with Crippen LogP contribution < -0.4 is 10.6 Å². The van der Waals surface area contributed by atoms with E-state index < -0.39 is 0 Å². The van der Waals surface area contributed by atoms with Crippen LogP contribution in [0.1, 0.15) is 50.3 Å². The number of anilines is 1. The molecule has 2 aromatic carbocycles. The van der Waals surface area contributed by atoms with Crippen LogP contribution >= 0.6 is 11.8 Å². The molecule has 30 heavy (non-hydrogen) atoms. The van der Waals surface area contributed by atoms with Gasteiger partial charge in [0.15, 0.2) is 0 Å². The van der Waals surface area contributed by atoms with Crippen LogP contribution in [0.2, 0.25) is 0 Å². The number of nitrogens with one attached hydrogen (secondary N) is 2. The van der Waals surface area contributed by atoms with Crippen molar-refractivity contribution in [2.24, 2.45) is 0 Å². The van der Waals surface area contributed by atoms with Crippen LogP contribution in [0.5, 0.6) is 0 Å². The van der Waals surface area contributed by atoms with Crippen molar-refractivity contribution in [1.29, 1.82) is 0 Å². The van der Waals surface area contributed by atoms with Gasteiger partial charge in [-0.15, -0.1) is 11.8 Å². The lowest BCUT2D eigenvalue weighted by Gasteiger charge is -2.25. The Morgan fingerprint density at radius 1 is 1.20 bits per heavy atom. The van der Waals surface area contributed by atoms with Crippen molar-refractivity contribution in [3.8, 4) is 0 Å². The minimum atomic E-state index is -0.263. The summed E-state index contributed by atoms with van der Waals surface area (Å²) < 4.78 is 0. The minimum Gasteiger partial charge on any atom is -0.340 e. The molecule has 1 aliphatic heterocycles. The van der Waals surface area contributed by atoms with Crippen LogP contribution in [0, 0.1) is 6.92 Å². The van der Waals surface area contributed by atoms with Crippen molar-refractivity contribution in [2.45, 2.75) is 56.2 Å². The molecule has 3 rings (SSSR count). The highest BCUT2D eigenvalue weighted by Gasteiger charge is 2.25. The summed E-state index contributed by atoms with van der Waals surface area (Å²) in [5.74, 6) is 0.156. The Morgan fingerprint density at radius 3 is 2.60 bits per heavy atom. The molecular formula is C24H31N3O2S. The molecule has 0 aromatic heterocycles. The standard InChI is InChI=1S/C24H31N3O2S/c1-4-18(3)30-20-12-13-21(17(2)15-20)25-24(29)26-22(19-9-6-5-7-10-19)16-27-14-8-11-23(27)28/h5-7,9-10,12-13,15,18,22H,4,8,11,14,16H2,1-3H3,(H2,25,26,29). The maximum Gasteiger partial charge on any atom is 0.319 e. The molecule has 1 saturated heterocycles. The molecule has 0 saturated carbocycles. The molecule has 1 heterocycles. The van der Waals surface area contributed by atoms with Gasteiger partial charge in [0, 0.05) is 35.3 Å². The summed E-state index contributed by atoms with van der Waals surface area (Å²) in [6, 6.07) is 15.4. The monoisotopic (exact) mass is 425 g/mol. The highest BCUT2D eigenvalue weighted by Crippen LogP contribution is 2.28. The highest BCUT2D eigenvalue weighted by atomic mass is 32.2. The lowest BCUT2D eigenvalue weighted by atomic mass is 10.1. The lowest BCUT2D eigenvalue weighted by Crippen LogP contribution is -2.40. The second kappa shape index (κ2) is 10.5. The fourth-order valence-corrected chi connectivity index (χ4v) is 4.54. The number of carbonyl (C=O) groups excluding carboxylic acids is 2. The van der Waals surface area contributed by atoms with Gasteiger partial charge < -0.3 is 15.5 Å². The van der Waals surface area contributed by atoms with Gasteiger partial charge in [-0.25, -0.2) is 4.79 Å². The molecule has 0 spiro atoms. The lowest BCUT2D eigenvalue weighted by molar-refractivity contribution is -0.128. The van der Waals surface area contributed by atoms with E-state index in [1.54, 1.807) is 0 Å². The van der Waals surface area contributed by atoms with Gasteiger partial charge in [0.2, 0.25) is 5.91 Å². The Balaban J connectivity index is 1.67. The third-order valence-corrected chi connectivity index (χ3v) is 6.70. The normalized spacial score (nSPS) is 15.7. The summed E-state index contributed by atoms with van der Waals surface area (Å²) in [5, 5.41) is 6.60. The maximum absolute atomic E-state index is 12.8. The van der Waals surface area contributed by atoms with Crippen LogP contribution in [-0.2, 0) is 4.79 Å². The molecule has 0 aliphatic carbocycles. The van der Waals surface area contributed by atoms with Crippen molar-refractivity contribution in [3.63, 3.8) is 0 Å². The third kappa shape index (κ3) is 6.02. The zero-order valence-electron chi connectivity index (χ0n) is 18.0. The first kappa shape index (κ1) is 22.2. The minimum absolute atomic E-state index is 0.156. The predicted molar refractivity (Wildman–Crippen MR) is 124 cm³/mol. The van der Waals surface area contributed by atoms with Crippen molar-refractivity contribution < 1.29 is 9.59 Å². The number of amides is 3. The van der Waals surface area contributed by atoms with E-state index in [2.05, 4.69) is 36.6 Å². The third-order valence-electron chi connectivity index (χ3n) is 5.44. The summed E-state index contributed by atoms with van der Waals surface area (Å²) in [6.07, 6.45) is 2.59. The Bertz CT molecular complexity index is 872. The van der Waals surface area contributed by atoms with E-state index >= 15 is 0 Å². The van der Waals surface area contributed by atoms with Crippen LogP contribution in [0.3, 0.4) is 0 Å². The fourth-order valence-electron chi connectivity index (χ4n) is 3.52. The SMILES string of the molecule is CCC(C)Sc1ccc(NC(=O)NC(CN2CCCC2=O)c2ccccc2)c(C)c1. The van der Waals surface area contributed by atoms with Gasteiger partial charge in [-0.05, 0) is 49.1 Å². The number of carbonyl (C=O) groups is 2. The second-order valence-corrected chi connectivity index (χ2v) is 9.33. The Kier molecular flexibility index (Phi) is 7.80. The molecule has 160 valence electrons. The van der Waals surface area contributed by atoms with E-state index in [4.69, 9.17) is 0 Å². The predicted octanol–water partition coefficient (Wildman–Crippen LogP) is 5.37. The number of likely N-dealkylation sites (tertiary alicyclic amines) is 1. The fraction of sp³-hybridized carbons (Fsp3) is 0.417. The highest BCUT2D eigenvalue weighted by molar-refractivity contribution is 7.99. The summed E-state index contributed by atoms with van der Waals surface area (Å²) in [7, 11) is 0. The van der Waals surface area contributed by atoms with E-state index in [1.165, 1.54) is 4.90 Å². The number of urea groups is 1. The first-order valence-electron chi connectivity index (χ1n) is 10.6. The molecule has 0 bridgehead atoms. The smallest absolute Gasteiger partial charge is 0.319 e. The molecule has 2 unspecified atom stereocenters. The summed E-state index contributed by atoms with van der Waals surface area (Å²) in [5.41, 5.74) is 2.82. The Labute approximate surface area is 183 Å². The van der Waals surface area contributed by atoms with E-state index in [0.29, 0.717) is 18.2 Å². The average Bonchev–Trinajstić information content (AvgIpc) is 3.14. The molecule has 2 aromatic rings. The van der Waals surface area contributed by atoms with Crippen LogP contribution in [-0.4, -0.2) is 35.2 Å². The molecule has 5 nitrogen and oxygen atoms in total. The molecule has 3 amide bonds. The van der Waals surface area contributed by atoms with Crippen molar-refractivity contribution in [1.82, 2.24) is 10.2 Å². The van der Waals surface area contributed by atoms with E-state index in [-0.39, 0.29) is 18.0 Å². The van der Waals surface area contributed by atoms with Gasteiger partial charge in [0.1, 0.15) is 0 Å². The number of hydrogen-bond donors (Lipinski definition) is 2. The zero-order valence-corrected chi connectivity index (χ0v) is 18.8. The van der Waals surface area contributed by atoms with Gasteiger partial charge in [0.25, 0.3) is 0 Å². The van der Waals surface area contributed by atoms with Gasteiger partial charge in [-0.1, -0.05) is 44.2 Å². The van der Waals surface area contributed by atoms with E-state index in [1.807, 2.05) is 60.0 Å². The molecule has 2 atom stereocenters. The number of nitrogens with zero attached hydrogens (tertiary/aromatic N) is 1. The van der Waals surface area contributed by atoms with Gasteiger partial charge >= 0.3 is 6.03 Å². The second-order valence-electron chi connectivity index (χ2n) is 7.82. The molecule has 1 fully saturated rings. The van der Waals surface area contributed by atoms with Gasteiger partial charge in [0.05, 0.1) is 6.04 Å². The van der Waals surface area contributed by atoms with Crippen molar-refractivity contribution in [3.05, 3.63) is 59.7 Å². The zero-order chi connectivity index (χ0) is 21.5. The van der Waals surface area contributed by atoms with Gasteiger partial charge in [-0.2, -0.15) is 0 Å². The van der Waals surface area contributed by atoms with Crippen LogP contribution in [0.25, 0.3) is 0 Å². The quantitative estimate of drug-likeness (QED) is 0.559. The molecule has 0 radical (unpaired) electrons. The number of benzene rings is 2. The van der Waals surface area contributed by atoms with E-state index in [0.717, 1.165) is 36.2 Å². The number of hydrogen-bond acceptors (Lipinski definition) is 3. The Hall–Kier alpha value is -2.47. The van der Waals surface area contributed by atoms with E-state index in [9.17, 15) is 9.59 Å². The largest absolute Gasteiger partial charge is 0.340 e. The maximum atomic E-state index is 12.8. The molecule has 1 aliphatic rings. The molecular weight excluding hydrogens is 394 g/mol. The topological polar surface area (TPSA) is 61.4 Å². The summed E-state index contributed by atoms with van der Waals surface area (Å²) in [4.78, 5) is 27.9. The van der Waals surface area contributed by atoms with Gasteiger partial charge in [-0.3, -0.25) is 4.79 Å². The average molecular weight is 426 g/mol. The van der Waals surface area contributed by atoms with Crippen LogP contribution in [0.4, 0.5) is 10.5 Å². The first-order valence-corrected chi connectivity index (χ1v) is 11.5. The first-order chi connectivity index (χ1) is 14.5. The van der Waals surface area contributed by atoms with Crippen LogP contribution in [0.15, 0.2) is 53.4 Å². The number of aryl methyl sites for hydroxylation is 1. The Morgan fingerprint density at radius 2 is 1.97 bits per heavy atom. The van der Waals surface area contributed by atoms with Crippen molar-refractivity contribution >= 4 is 29.4 Å². The number of rotatable bonds is 8. The number of thioether (sulfide) groups is 1. The summed E-state index contributed by atoms with van der Waals surface area (Å²) in [6.45, 7) is 7.64.